The molecule has 1 aromatic carbocycles. The molecule has 1 heterocycles. The number of nitrogens with two attached hydrogens (primary N) is 1. The smallest absolute Gasteiger partial charge is 0.243 e. The summed E-state index contributed by atoms with van der Waals surface area (Å²) in [4.78, 5) is 17.3. The highest BCUT2D eigenvalue weighted by molar-refractivity contribution is 5.89. The van der Waals surface area contributed by atoms with Gasteiger partial charge in [0, 0.05) is 44.6 Å². The Bertz CT molecular complexity index is 655. The number of anilines is 1. The normalized spacial score (nSPS) is 27.8. The first-order valence-electron chi connectivity index (χ1n) is 9.43. The van der Waals surface area contributed by atoms with Crippen LogP contribution in [-0.2, 0) is 9.53 Å². The van der Waals surface area contributed by atoms with Crippen LogP contribution in [0.25, 0.3) is 0 Å². The molecule has 1 aliphatic heterocycles. The molecule has 1 aromatic rings. The highest BCUT2D eigenvalue weighted by atomic mass is 16.5. The van der Waals surface area contributed by atoms with E-state index in [-0.39, 0.29) is 17.4 Å². The Balaban J connectivity index is 1.64. The van der Waals surface area contributed by atoms with E-state index >= 15 is 0 Å². The van der Waals surface area contributed by atoms with Crippen LogP contribution in [0.1, 0.15) is 27.2 Å². The summed E-state index contributed by atoms with van der Waals surface area (Å²) in [6.45, 7) is 9.60. The first kappa shape index (κ1) is 19.0. The van der Waals surface area contributed by atoms with Crippen molar-refractivity contribution in [2.45, 2.75) is 38.8 Å². The van der Waals surface area contributed by atoms with Gasteiger partial charge in [-0.05, 0) is 19.1 Å². The summed E-state index contributed by atoms with van der Waals surface area (Å²) in [6.07, 6.45) is 0.649. The van der Waals surface area contributed by atoms with Crippen LogP contribution in [0.4, 0.5) is 5.69 Å². The minimum atomic E-state index is -0.834. The highest BCUT2D eigenvalue weighted by Crippen LogP contribution is 2.50. The van der Waals surface area contributed by atoms with E-state index < -0.39 is 5.54 Å². The highest BCUT2D eigenvalue weighted by Gasteiger charge is 2.63. The molecule has 6 nitrogen and oxygen atoms in total. The number of nitrogens with zero attached hydrogens (tertiary/aromatic N) is 2. The first-order chi connectivity index (χ1) is 12.3. The summed E-state index contributed by atoms with van der Waals surface area (Å²) in [5.41, 5.74) is 6.46. The zero-order valence-corrected chi connectivity index (χ0v) is 16.3. The van der Waals surface area contributed by atoms with Crippen molar-refractivity contribution < 1.29 is 14.3 Å². The average Bonchev–Trinajstić information content (AvgIpc) is 2.67. The Morgan fingerprint density at radius 3 is 2.46 bits per heavy atom. The molecule has 1 saturated heterocycles. The second-order valence-corrected chi connectivity index (χ2v) is 7.79. The number of methoxy groups -OCH3 is 1. The van der Waals surface area contributed by atoms with Gasteiger partial charge in [0.25, 0.3) is 0 Å². The molecule has 0 aromatic heterocycles. The van der Waals surface area contributed by atoms with Crippen molar-refractivity contribution in [2.24, 2.45) is 11.1 Å². The molecule has 2 unspecified atom stereocenters. The molecule has 2 atom stereocenters. The van der Waals surface area contributed by atoms with Gasteiger partial charge in [-0.15, -0.1) is 0 Å². The molecule has 0 spiro atoms. The number of rotatable bonds is 5. The van der Waals surface area contributed by atoms with Gasteiger partial charge in [-0.1, -0.05) is 26.0 Å². The van der Waals surface area contributed by atoms with Gasteiger partial charge in [0.15, 0.2) is 0 Å². The molecule has 1 aliphatic carbocycles. The topological polar surface area (TPSA) is 68.0 Å². The van der Waals surface area contributed by atoms with E-state index in [4.69, 9.17) is 15.2 Å². The SMILES string of the molecule is CCOC1CC(N)(C(=O)N2CCN(c3ccccc3OC)CC2)C1(C)C. The largest absolute Gasteiger partial charge is 0.495 e. The molecule has 6 heteroatoms. The number of ether oxygens (including phenoxy) is 2. The number of carbonyl (C=O) groups is 1. The zero-order valence-electron chi connectivity index (χ0n) is 16.3. The zero-order chi connectivity index (χ0) is 18.9. The number of benzene rings is 1. The van der Waals surface area contributed by atoms with E-state index in [1.165, 1.54) is 0 Å². The number of para-hydroxylation sites is 2. The second-order valence-electron chi connectivity index (χ2n) is 7.79. The standard InChI is InChI=1S/C20H31N3O3/c1-5-26-17-14-20(21,19(17,2)3)18(24)23-12-10-22(11-13-23)15-8-6-7-9-16(15)25-4/h6-9,17H,5,10-14,21H2,1-4H3. The Morgan fingerprint density at radius 2 is 1.88 bits per heavy atom. The summed E-state index contributed by atoms with van der Waals surface area (Å²) in [7, 11) is 1.68. The molecule has 0 radical (unpaired) electrons. The van der Waals surface area contributed by atoms with Crippen LogP contribution in [0.2, 0.25) is 0 Å². The van der Waals surface area contributed by atoms with Gasteiger partial charge < -0.3 is 25.0 Å². The summed E-state index contributed by atoms with van der Waals surface area (Å²) < 4.78 is 11.2. The number of carbonyl (C=O) groups excluding carboxylic acids is 1. The van der Waals surface area contributed by atoms with Crippen LogP contribution in [0.3, 0.4) is 0 Å². The molecule has 2 N–H and O–H groups in total. The minimum Gasteiger partial charge on any atom is -0.495 e. The van der Waals surface area contributed by atoms with Crippen molar-refractivity contribution >= 4 is 11.6 Å². The number of hydrogen-bond acceptors (Lipinski definition) is 5. The van der Waals surface area contributed by atoms with E-state index in [1.54, 1.807) is 7.11 Å². The maximum atomic E-state index is 13.1. The number of hydrogen-bond donors (Lipinski definition) is 1. The predicted molar refractivity (Wildman–Crippen MR) is 103 cm³/mol. The van der Waals surface area contributed by atoms with Crippen LogP contribution >= 0.6 is 0 Å². The van der Waals surface area contributed by atoms with Crippen LogP contribution < -0.4 is 15.4 Å². The van der Waals surface area contributed by atoms with E-state index in [0.717, 1.165) is 24.5 Å². The lowest BCUT2D eigenvalue weighted by Crippen LogP contribution is -2.76. The lowest BCUT2D eigenvalue weighted by molar-refractivity contribution is -0.179. The predicted octanol–water partition coefficient (Wildman–Crippen LogP) is 1.88. The van der Waals surface area contributed by atoms with E-state index in [2.05, 4.69) is 11.0 Å². The summed E-state index contributed by atoms with van der Waals surface area (Å²) >= 11 is 0. The van der Waals surface area contributed by atoms with Crippen LogP contribution in [0.15, 0.2) is 24.3 Å². The first-order valence-corrected chi connectivity index (χ1v) is 9.43. The van der Waals surface area contributed by atoms with Gasteiger partial charge in [-0.3, -0.25) is 4.79 Å². The monoisotopic (exact) mass is 361 g/mol. The molecule has 26 heavy (non-hydrogen) atoms. The third kappa shape index (κ3) is 2.95. The number of piperazine rings is 1. The van der Waals surface area contributed by atoms with Crippen molar-refractivity contribution in [3.8, 4) is 5.75 Å². The fourth-order valence-corrected chi connectivity index (χ4v) is 4.12. The molecular weight excluding hydrogens is 330 g/mol. The average molecular weight is 361 g/mol. The van der Waals surface area contributed by atoms with E-state index in [9.17, 15) is 4.79 Å². The van der Waals surface area contributed by atoms with Gasteiger partial charge in [0.05, 0.1) is 18.9 Å². The van der Waals surface area contributed by atoms with Crippen molar-refractivity contribution in [1.29, 1.82) is 0 Å². The Labute approximate surface area is 156 Å². The van der Waals surface area contributed by atoms with Crippen LogP contribution in [0.5, 0.6) is 5.75 Å². The maximum absolute atomic E-state index is 13.1. The fourth-order valence-electron chi connectivity index (χ4n) is 4.12. The Morgan fingerprint density at radius 1 is 1.23 bits per heavy atom. The van der Waals surface area contributed by atoms with Gasteiger partial charge in [-0.25, -0.2) is 0 Å². The number of amides is 1. The van der Waals surface area contributed by atoms with E-state index in [0.29, 0.717) is 26.1 Å². The molecule has 2 fully saturated rings. The van der Waals surface area contributed by atoms with Gasteiger partial charge >= 0.3 is 0 Å². The summed E-state index contributed by atoms with van der Waals surface area (Å²) in [5, 5.41) is 0. The van der Waals surface area contributed by atoms with Crippen LogP contribution in [0, 0.1) is 5.41 Å². The molecular formula is C20H31N3O3. The lowest BCUT2D eigenvalue weighted by atomic mass is 9.54. The molecule has 1 amide bonds. The van der Waals surface area contributed by atoms with Crippen molar-refractivity contribution in [2.75, 3.05) is 44.8 Å². The molecule has 2 aliphatic rings. The lowest BCUT2D eigenvalue weighted by Gasteiger charge is -2.59. The summed E-state index contributed by atoms with van der Waals surface area (Å²) in [6, 6.07) is 8.00. The maximum Gasteiger partial charge on any atom is 0.243 e. The van der Waals surface area contributed by atoms with Crippen LogP contribution in [-0.4, -0.2) is 62.3 Å². The Kier molecular flexibility index (Phi) is 5.17. The molecule has 144 valence electrons. The molecule has 3 rings (SSSR count). The van der Waals surface area contributed by atoms with E-state index in [1.807, 2.05) is 43.9 Å². The third-order valence-electron chi connectivity index (χ3n) is 6.20. The van der Waals surface area contributed by atoms with Gasteiger partial charge in [0.2, 0.25) is 5.91 Å². The molecule has 0 bridgehead atoms. The van der Waals surface area contributed by atoms with Gasteiger partial charge in [0.1, 0.15) is 11.3 Å². The quantitative estimate of drug-likeness (QED) is 0.867. The third-order valence-corrected chi connectivity index (χ3v) is 6.20. The van der Waals surface area contributed by atoms with Gasteiger partial charge in [-0.2, -0.15) is 0 Å². The second kappa shape index (κ2) is 7.08. The summed E-state index contributed by atoms with van der Waals surface area (Å²) in [5.74, 6) is 0.917. The minimum absolute atomic E-state index is 0.0521. The van der Waals surface area contributed by atoms with Crippen molar-refractivity contribution in [3.05, 3.63) is 24.3 Å². The Hall–Kier alpha value is -1.79. The van der Waals surface area contributed by atoms with Crippen molar-refractivity contribution in [1.82, 2.24) is 4.90 Å². The molecule has 1 saturated carbocycles. The fraction of sp³-hybridized carbons (Fsp3) is 0.650. The van der Waals surface area contributed by atoms with Crippen molar-refractivity contribution in [3.63, 3.8) is 0 Å².